The van der Waals surface area contributed by atoms with E-state index in [-0.39, 0.29) is 12.4 Å². The molecular formula is C20H24ClFN2O3. The van der Waals surface area contributed by atoms with Crippen molar-refractivity contribution in [3.05, 3.63) is 46.9 Å². The SMILES string of the molecule is Cc1cc(Cl)c(-c2ccc(OCCN(C)C(=O)OC(C)(C)C)nc2)cc1F. The fourth-order valence-corrected chi connectivity index (χ4v) is 2.54. The lowest BCUT2D eigenvalue weighted by Crippen LogP contribution is -2.36. The number of carbonyl (C=O) groups excluding carboxylic acids is 1. The Kier molecular flexibility index (Phi) is 6.65. The number of hydrogen-bond donors (Lipinski definition) is 0. The highest BCUT2D eigenvalue weighted by molar-refractivity contribution is 6.33. The van der Waals surface area contributed by atoms with Gasteiger partial charge in [0.2, 0.25) is 5.88 Å². The molecule has 27 heavy (non-hydrogen) atoms. The number of carbonyl (C=O) groups is 1. The molecule has 0 spiro atoms. The molecule has 7 heteroatoms. The molecule has 0 radical (unpaired) electrons. The van der Waals surface area contributed by atoms with E-state index in [4.69, 9.17) is 21.1 Å². The summed E-state index contributed by atoms with van der Waals surface area (Å²) in [6.45, 7) is 7.72. The zero-order valence-electron chi connectivity index (χ0n) is 16.2. The van der Waals surface area contributed by atoms with Gasteiger partial charge in [-0.3, -0.25) is 0 Å². The van der Waals surface area contributed by atoms with E-state index < -0.39 is 11.7 Å². The van der Waals surface area contributed by atoms with Gasteiger partial charge in [0.1, 0.15) is 18.0 Å². The summed E-state index contributed by atoms with van der Waals surface area (Å²) in [4.78, 5) is 17.5. The Balaban J connectivity index is 1.93. The molecule has 0 saturated carbocycles. The summed E-state index contributed by atoms with van der Waals surface area (Å²) in [5.74, 6) is 0.0833. The molecule has 146 valence electrons. The minimum absolute atomic E-state index is 0.266. The van der Waals surface area contributed by atoms with Crippen LogP contribution in [-0.4, -0.2) is 41.8 Å². The van der Waals surface area contributed by atoms with Gasteiger partial charge in [0.15, 0.2) is 0 Å². The topological polar surface area (TPSA) is 51.7 Å². The number of halogens is 2. The molecule has 0 bridgehead atoms. The highest BCUT2D eigenvalue weighted by Crippen LogP contribution is 2.30. The highest BCUT2D eigenvalue weighted by atomic mass is 35.5. The monoisotopic (exact) mass is 394 g/mol. The number of amides is 1. The maximum Gasteiger partial charge on any atom is 0.410 e. The van der Waals surface area contributed by atoms with Crippen LogP contribution in [0.3, 0.4) is 0 Å². The summed E-state index contributed by atoms with van der Waals surface area (Å²) in [5, 5.41) is 0.461. The van der Waals surface area contributed by atoms with Crippen molar-refractivity contribution < 1.29 is 18.7 Å². The van der Waals surface area contributed by atoms with E-state index in [9.17, 15) is 9.18 Å². The Labute approximate surface area is 164 Å². The van der Waals surface area contributed by atoms with Crippen molar-refractivity contribution in [3.63, 3.8) is 0 Å². The van der Waals surface area contributed by atoms with Crippen molar-refractivity contribution in [2.75, 3.05) is 20.2 Å². The fraction of sp³-hybridized carbons (Fsp3) is 0.400. The first-order valence-corrected chi connectivity index (χ1v) is 8.93. The molecule has 1 aromatic heterocycles. The van der Waals surface area contributed by atoms with Crippen molar-refractivity contribution in [1.82, 2.24) is 9.88 Å². The van der Waals surface area contributed by atoms with Gasteiger partial charge in [-0.05, 0) is 51.5 Å². The van der Waals surface area contributed by atoms with Gasteiger partial charge < -0.3 is 14.4 Å². The number of benzene rings is 1. The third kappa shape index (κ3) is 6.10. The minimum atomic E-state index is -0.541. The summed E-state index contributed by atoms with van der Waals surface area (Å²) < 4.78 is 24.6. The smallest absolute Gasteiger partial charge is 0.410 e. The summed E-state index contributed by atoms with van der Waals surface area (Å²) in [5.41, 5.74) is 1.21. The Hall–Kier alpha value is -2.34. The molecule has 0 fully saturated rings. The zero-order chi connectivity index (χ0) is 20.2. The van der Waals surface area contributed by atoms with E-state index in [0.29, 0.717) is 34.1 Å². The first-order chi connectivity index (χ1) is 12.6. The summed E-state index contributed by atoms with van der Waals surface area (Å²) in [7, 11) is 1.64. The minimum Gasteiger partial charge on any atom is -0.476 e. The number of pyridine rings is 1. The van der Waals surface area contributed by atoms with E-state index >= 15 is 0 Å². The molecule has 2 rings (SSSR count). The van der Waals surface area contributed by atoms with Gasteiger partial charge in [-0.15, -0.1) is 0 Å². The lowest BCUT2D eigenvalue weighted by Gasteiger charge is -2.24. The molecule has 1 amide bonds. The van der Waals surface area contributed by atoms with Crippen LogP contribution in [0.25, 0.3) is 11.1 Å². The standard InChI is InChI=1S/C20H24ClFN2O3/c1-13-10-16(21)15(11-17(13)22)14-6-7-18(23-12-14)26-9-8-24(5)19(25)27-20(2,3)4/h6-7,10-12H,8-9H2,1-5H3. The quantitative estimate of drug-likeness (QED) is 0.708. The second-order valence-corrected chi connectivity index (χ2v) is 7.62. The van der Waals surface area contributed by atoms with Gasteiger partial charge in [0.25, 0.3) is 0 Å². The summed E-state index contributed by atoms with van der Waals surface area (Å²) in [6, 6.07) is 6.42. The van der Waals surface area contributed by atoms with E-state index in [1.807, 2.05) is 20.8 Å². The van der Waals surface area contributed by atoms with Crippen molar-refractivity contribution in [3.8, 4) is 17.0 Å². The van der Waals surface area contributed by atoms with Gasteiger partial charge in [0.05, 0.1) is 6.54 Å². The van der Waals surface area contributed by atoms with E-state index in [2.05, 4.69) is 4.98 Å². The lowest BCUT2D eigenvalue weighted by atomic mass is 10.1. The van der Waals surface area contributed by atoms with Crippen LogP contribution in [0.5, 0.6) is 5.88 Å². The normalized spacial score (nSPS) is 11.2. The van der Waals surface area contributed by atoms with Crippen molar-refractivity contribution in [2.24, 2.45) is 0 Å². The van der Waals surface area contributed by atoms with Crippen LogP contribution < -0.4 is 4.74 Å². The summed E-state index contributed by atoms with van der Waals surface area (Å²) in [6.07, 6.45) is 1.16. The third-order valence-electron chi connectivity index (χ3n) is 3.68. The van der Waals surface area contributed by atoms with E-state index in [0.717, 1.165) is 0 Å². The largest absolute Gasteiger partial charge is 0.476 e. The van der Waals surface area contributed by atoms with Gasteiger partial charge in [-0.2, -0.15) is 0 Å². The average Bonchev–Trinajstić information content (AvgIpc) is 2.57. The number of aromatic nitrogens is 1. The molecule has 1 aromatic carbocycles. The van der Waals surface area contributed by atoms with E-state index in [1.54, 1.807) is 38.4 Å². The van der Waals surface area contributed by atoms with Crippen molar-refractivity contribution >= 4 is 17.7 Å². The molecule has 0 aliphatic heterocycles. The zero-order valence-corrected chi connectivity index (χ0v) is 16.9. The Morgan fingerprint density at radius 1 is 1.30 bits per heavy atom. The lowest BCUT2D eigenvalue weighted by molar-refractivity contribution is 0.0277. The Morgan fingerprint density at radius 2 is 2.00 bits per heavy atom. The Morgan fingerprint density at radius 3 is 2.59 bits per heavy atom. The highest BCUT2D eigenvalue weighted by Gasteiger charge is 2.19. The first-order valence-electron chi connectivity index (χ1n) is 8.56. The molecule has 2 aromatic rings. The molecule has 0 saturated heterocycles. The summed E-state index contributed by atoms with van der Waals surface area (Å²) >= 11 is 6.19. The predicted octanol–water partition coefficient (Wildman–Crippen LogP) is 5.10. The van der Waals surface area contributed by atoms with Crippen LogP contribution >= 0.6 is 11.6 Å². The van der Waals surface area contributed by atoms with Gasteiger partial charge in [-0.1, -0.05) is 11.6 Å². The number of likely N-dealkylation sites (N-methyl/N-ethyl adjacent to an activating group) is 1. The fourth-order valence-electron chi connectivity index (χ4n) is 2.21. The second kappa shape index (κ2) is 8.57. The molecular weight excluding hydrogens is 371 g/mol. The maximum absolute atomic E-state index is 13.8. The van der Waals surface area contributed by atoms with Crippen LogP contribution in [0.1, 0.15) is 26.3 Å². The van der Waals surface area contributed by atoms with Crippen LogP contribution in [-0.2, 0) is 4.74 Å². The first kappa shape index (κ1) is 21.0. The third-order valence-corrected chi connectivity index (χ3v) is 3.99. The molecule has 0 aliphatic carbocycles. The van der Waals surface area contributed by atoms with Gasteiger partial charge in [0, 0.05) is 35.5 Å². The molecule has 1 heterocycles. The van der Waals surface area contributed by atoms with Gasteiger partial charge in [-0.25, -0.2) is 14.2 Å². The average molecular weight is 395 g/mol. The number of aryl methyl sites for hydroxylation is 1. The molecule has 0 atom stereocenters. The Bertz CT molecular complexity index is 804. The number of ether oxygens (including phenoxy) is 2. The van der Waals surface area contributed by atoms with Crippen LogP contribution in [0.4, 0.5) is 9.18 Å². The second-order valence-electron chi connectivity index (χ2n) is 7.22. The maximum atomic E-state index is 13.8. The number of rotatable bonds is 5. The van der Waals surface area contributed by atoms with Gasteiger partial charge >= 0.3 is 6.09 Å². The van der Waals surface area contributed by atoms with Crippen LogP contribution in [0.15, 0.2) is 30.5 Å². The van der Waals surface area contributed by atoms with Crippen molar-refractivity contribution in [1.29, 1.82) is 0 Å². The molecule has 0 N–H and O–H groups in total. The number of hydrogen-bond acceptors (Lipinski definition) is 4. The molecule has 0 aliphatic rings. The predicted molar refractivity (Wildman–Crippen MR) is 104 cm³/mol. The molecule has 5 nitrogen and oxygen atoms in total. The van der Waals surface area contributed by atoms with Crippen LogP contribution in [0, 0.1) is 12.7 Å². The molecule has 0 unspecified atom stereocenters. The number of nitrogens with zero attached hydrogens (tertiary/aromatic N) is 2. The van der Waals surface area contributed by atoms with E-state index in [1.165, 1.54) is 11.0 Å². The van der Waals surface area contributed by atoms with Crippen molar-refractivity contribution in [2.45, 2.75) is 33.3 Å². The van der Waals surface area contributed by atoms with Crippen LogP contribution in [0.2, 0.25) is 5.02 Å².